The quantitative estimate of drug-likeness (QED) is 0.648. The van der Waals surface area contributed by atoms with Crippen LogP contribution in [0.1, 0.15) is 19.3 Å². The van der Waals surface area contributed by atoms with Gasteiger partial charge in [-0.1, -0.05) is 0 Å². The molecule has 0 spiro atoms. The molecule has 1 amide bonds. The second kappa shape index (κ2) is 4.39. The van der Waals surface area contributed by atoms with Gasteiger partial charge in [-0.25, -0.2) is 4.79 Å². The molecule has 2 unspecified atom stereocenters. The minimum Gasteiger partial charge on any atom is -0.479 e. The molecule has 2 rings (SSSR count). The van der Waals surface area contributed by atoms with Crippen LogP contribution in [0.15, 0.2) is 0 Å². The molecule has 6 heteroatoms. The molecule has 6 nitrogen and oxygen atoms in total. The maximum Gasteiger partial charge on any atom is 0.332 e. The van der Waals surface area contributed by atoms with Crippen molar-refractivity contribution in [2.45, 2.75) is 37.6 Å². The van der Waals surface area contributed by atoms with Crippen LogP contribution in [0.5, 0.6) is 0 Å². The topological polar surface area (TPSA) is 87.1 Å². The third-order valence-electron chi connectivity index (χ3n) is 3.05. The van der Waals surface area contributed by atoms with Crippen LogP contribution in [0.25, 0.3) is 0 Å². The highest BCUT2D eigenvalue weighted by Gasteiger charge is 2.38. The lowest BCUT2D eigenvalue weighted by atomic mass is 10.2. The number of carbonyl (C=O) groups is 2. The summed E-state index contributed by atoms with van der Waals surface area (Å²) in [5, 5.41) is 18.0. The molecule has 3 atom stereocenters. The number of nitrogens with zero attached hydrogens (tertiary/aromatic N) is 1. The SMILES string of the molecule is O=C(O)C1CCC(C(=O)N2CC[C@H](O)C2)O1. The Morgan fingerprint density at radius 2 is 1.88 bits per heavy atom. The fourth-order valence-corrected chi connectivity index (χ4v) is 2.15. The van der Waals surface area contributed by atoms with Crippen LogP contribution in [-0.2, 0) is 14.3 Å². The monoisotopic (exact) mass is 229 g/mol. The lowest BCUT2D eigenvalue weighted by molar-refractivity contribution is -0.154. The van der Waals surface area contributed by atoms with Gasteiger partial charge in [0.15, 0.2) is 6.10 Å². The number of aliphatic hydroxyl groups excluding tert-OH is 1. The fourth-order valence-electron chi connectivity index (χ4n) is 2.15. The number of carboxylic acid groups (broad SMARTS) is 1. The molecule has 0 aliphatic carbocycles. The molecule has 2 aliphatic rings. The maximum atomic E-state index is 11.9. The third kappa shape index (κ3) is 2.17. The second-order valence-corrected chi connectivity index (χ2v) is 4.26. The van der Waals surface area contributed by atoms with Crippen LogP contribution in [-0.4, -0.2) is 58.4 Å². The van der Waals surface area contributed by atoms with Crippen molar-refractivity contribution >= 4 is 11.9 Å². The molecular formula is C10H15NO5. The number of likely N-dealkylation sites (tertiary alicyclic amines) is 1. The van der Waals surface area contributed by atoms with Crippen molar-refractivity contribution in [3.8, 4) is 0 Å². The molecule has 2 N–H and O–H groups in total. The minimum absolute atomic E-state index is 0.194. The lowest BCUT2D eigenvalue weighted by Crippen LogP contribution is -2.38. The Bertz CT molecular complexity index is 306. The first kappa shape index (κ1) is 11.3. The molecule has 0 aromatic carbocycles. The van der Waals surface area contributed by atoms with Crippen LogP contribution >= 0.6 is 0 Å². The van der Waals surface area contributed by atoms with E-state index in [1.165, 1.54) is 0 Å². The van der Waals surface area contributed by atoms with E-state index in [4.69, 9.17) is 9.84 Å². The predicted octanol–water partition coefficient (Wildman–Crippen LogP) is -0.788. The van der Waals surface area contributed by atoms with E-state index < -0.39 is 24.3 Å². The molecule has 2 aliphatic heterocycles. The van der Waals surface area contributed by atoms with Crippen molar-refractivity contribution < 1.29 is 24.5 Å². The van der Waals surface area contributed by atoms with Gasteiger partial charge < -0.3 is 19.8 Å². The number of hydrogen-bond acceptors (Lipinski definition) is 4. The number of aliphatic carboxylic acids is 1. The molecule has 0 bridgehead atoms. The van der Waals surface area contributed by atoms with Gasteiger partial charge in [0.25, 0.3) is 5.91 Å². The molecule has 2 heterocycles. The van der Waals surface area contributed by atoms with E-state index >= 15 is 0 Å². The molecule has 0 radical (unpaired) electrons. The predicted molar refractivity (Wildman–Crippen MR) is 52.7 cm³/mol. The van der Waals surface area contributed by atoms with E-state index in [-0.39, 0.29) is 5.91 Å². The van der Waals surface area contributed by atoms with Gasteiger partial charge in [-0.05, 0) is 19.3 Å². The summed E-state index contributed by atoms with van der Waals surface area (Å²) in [6.07, 6.45) is -0.556. The van der Waals surface area contributed by atoms with Gasteiger partial charge in [0, 0.05) is 13.1 Å². The second-order valence-electron chi connectivity index (χ2n) is 4.26. The third-order valence-corrected chi connectivity index (χ3v) is 3.05. The highest BCUT2D eigenvalue weighted by Crippen LogP contribution is 2.23. The highest BCUT2D eigenvalue weighted by atomic mass is 16.5. The summed E-state index contributed by atoms with van der Waals surface area (Å²) in [5.41, 5.74) is 0. The van der Waals surface area contributed by atoms with Gasteiger partial charge in [0.05, 0.1) is 6.10 Å². The molecule has 90 valence electrons. The number of rotatable bonds is 2. The molecule has 0 aromatic heterocycles. The first-order valence-electron chi connectivity index (χ1n) is 5.43. The van der Waals surface area contributed by atoms with Crippen molar-refractivity contribution in [3.63, 3.8) is 0 Å². The van der Waals surface area contributed by atoms with Gasteiger partial charge in [0.1, 0.15) is 6.10 Å². The van der Waals surface area contributed by atoms with E-state index in [9.17, 15) is 14.7 Å². The molecule has 2 fully saturated rings. The Morgan fingerprint density at radius 3 is 2.38 bits per heavy atom. The molecule has 0 saturated carbocycles. The summed E-state index contributed by atoms with van der Waals surface area (Å²) in [5.74, 6) is -1.21. The van der Waals surface area contributed by atoms with Crippen LogP contribution < -0.4 is 0 Å². The number of hydrogen-bond donors (Lipinski definition) is 2. The van der Waals surface area contributed by atoms with Gasteiger partial charge in [-0.3, -0.25) is 4.79 Å². The summed E-state index contributed by atoms with van der Waals surface area (Å²) in [4.78, 5) is 24.1. The highest BCUT2D eigenvalue weighted by molar-refractivity contribution is 5.83. The van der Waals surface area contributed by atoms with E-state index in [2.05, 4.69) is 0 Å². The summed E-state index contributed by atoms with van der Waals surface area (Å²) in [6.45, 7) is 0.855. The first-order valence-corrected chi connectivity index (χ1v) is 5.43. The Hall–Kier alpha value is -1.14. The number of aliphatic hydroxyl groups is 1. The smallest absolute Gasteiger partial charge is 0.332 e. The average molecular weight is 229 g/mol. The normalized spacial score (nSPS) is 34.3. The standard InChI is InChI=1S/C10H15NO5/c12-6-3-4-11(5-6)9(13)7-1-2-8(16-7)10(14)15/h6-8,12H,1-5H2,(H,14,15)/t6-,7?,8?/m0/s1. The van der Waals surface area contributed by atoms with Crippen molar-refractivity contribution in [1.29, 1.82) is 0 Å². The van der Waals surface area contributed by atoms with Crippen molar-refractivity contribution in [3.05, 3.63) is 0 Å². The van der Waals surface area contributed by atoms with Crippen molar-refractivity contribution in [2.24, 2.45) is 0 Å². The number of β-amino-alcohol motifs (C(OH)–C–C–N with tert-alkyl or cyclic N) is 1. The van der Waals surface area contributed by atoms with E-state index in [0.29, 0.717) is 32.4 Å². The summed E-state index contributed by atoms with van der Waals surface area (Å²) < 4.78 is 5.16. The maximum absolute atomic E-state index is 11.9. The Labute approximate surface area is 92.8 Å². The Balaban J connectivity index is 1.89. The largest absolute Gasteiger partial charge is 0.479 e. The number of amides is 1. The Morgan fingerprint density at radius 1 is 1.19 bits per heavy atom. The van der Waals surface area contributed by atoms with E-state index in [1.807, 2.05) is 0 Å². The van der Waals surface area contributed by atoms with Crippen LogP contribution in [0.3, 0.4) is 0 Å². The number of ether oxygens (including phenoxy) is 1. The van der Waals surface area contributed by atoms with Gasteiger partial charge in [-0.15, -0.1) is 0 Å². The van der Waals surface area contributed by atoms with E-state index in [1.54, 1.807) is 4.90 Å². The van der Waals surface area contributed by atoms with Crippen LogP contribution in [0.2, 0.25) is 0 Å². The van der Waals surface area contributed by atoms with Crippen molar-refractivity contribution in [1.82, 2.24) is 4.90 Å². The first-order chi connectivity index (χ1) is 7.58. The van der Waals surface area contributed by atoms with Gasteiger partial charge >= 0.3 is 5.97 Å². The van der Waals surface area contributed by atoms with Crippen LogP contribution in [0, 0.1) is 0 Å². The lowest BCUT2D eigenvalue weighted by Gasteiger charge is -2.19. The molecular weight excluding hydrogens is 214 g/mol. The number of carboxylic acids is 1. The zero-order valence-corrected chi connectivity index (χ0v) is 8.83. The van der Waals surface area contributed by atoms with E-state index in [0.717, 1.165) is 0 Å². The van der Waals surface area contributed by atoms with Gasteiger partial charge in [-0.2, -0.15) is 0 Å². The Kier molecular flexibility index (Phi) is 3.11. The zero-order valence-electron chi connectivity index (χ0n) is 8.83. The molecule has 2 saturated heterocycles. The minimum atomic E-state index is -1.02. The number of carbonyl (C=O) groups excluding carboxylic acids is 1. The van der Waals surface area contributed by atoms with Crippen LogP contribution in [0.4, 0.5) is 0 Å². The fraction of sp³-hybridized carbons (Fsp3) is 0.800. The molecule has 16 heavy (non-hydrogen) atoms. The summed E-state index contributed by atoms with van der Waals surface area (Å²) >= 11 is 0. The van der Waals surface area contributed by atoms with Crippen molar-refractivity contribution in [2.75, 3.05) is 13.1 Å². The summed E-state index contributed by atoms with van der Waals surface area (Å²) in [6, 6.07) is 0. The molecule has 0 aromatic rings. The average Bonchev–Trinajstić information content (AvgIpc) is 2.84. The summed E-state index contributed by atoms with van der Waals surface area (Å²) in [7, 11) is 0. The zero-order chi connectivity index (χ0) is 11.7. The van der Waals surface area contributed by atoms with Gasteiger partial charge in [0.2, 0.25) is 0 Å².